The van der Waals surface area contributed by atoms with Gasteiger partial charge in [-0.05, 0) is 94.3 Å². The molecule has 2 aromatic carbocycles. The van der Waals surface area contributed by atoms with E-state index in [4.69, 9.17) is 9.47 Å². The largest absolute Gasteiger partial charge is 0.497 e. The summed E-state index contributed by atoms with van der Waals surface area (Å²) in [5.41, 5.74) is 1.40. The van der Waals surface area contributed by atoms with Crippen molar-refractivity contribution < 1.29 is 22.7 Å². The molecule has 1 atom stereocenters. The second kappa shape index (κ2) is 15.4. The molecule has 9 heteroatoms. The number of hydrogen-bond donors (Lipinski definition) is 1. The number of methoxy groups -OCH3 is 1. The summed E-state index contributed by atoms with van der Waals surface area (Å²) in [6.07, 6.45) is 6.87. The highest BCUT2D eigenvalue weighted by atomic mass is 32.2. The minimum Gasteiger partial charge on any atom is -0.497 e. The number of carbonyl (C=O) groups is 1. The van der Waals surface area contributed by atoms with Gasteiger partial charge in [-0.25, -0.2) is 8.42 Å². The first-order chi connectivity index (χ1) is 18.7. The molecule has 0 heterocycles. The van der Waals surface area contributed by atoms with Crippen LogP contribution >= 0.6 is 0 Å². The lowest BCUT2D eigenvalue weighted by molar-refractivity contribution is -0.126. The number of benzene rings is 2. The van der Waals surface area contributed by atoms with E-state index in [1.807, 2.05) is 0 Å². The standard InChI is InChI=1S/C30H45N3O5S/c1-32(2)29(19-12-24-8-6-5-7-9-24)26-13-10-25(11-14-26)22-31-30(34)23-38-21-20-33(3)39(35,36)28-17-15-27(37-4)16-18-28/h5-9,15-18,25-26,29H,10-14,19-23H2,1-4H3,(H,31,34). The maximum absolute atomic E-state index is 12.7. The predicted molar refractivity (Wildman–Crippen MR) is 154 cm³/mol. The van der Waals surface area contributed by atoms with Crippen LogP contribution in [0.4, 0.5) is 0 Å². The molecule has 39 heavy (non-hydrogen) atoms. The number of likely N-dealkylation sites (N-methyl/N-ethyl adjacent to an activating group) is 1. The molecule has 0 spiro atoms. The van der Waals surface area contributed by atoms with E-state index in [0.29, 0.717) is 30.2 Å². The molecule has 8 nitrogen and oxygen atoms in total. The van der Waals surface area contributed by atoms with E-state index in [-0.39, 0.29) is 30.6 Å². The number of hydrogen-bond acceptors (Lipinski definition) is 6. The number of sulfonamides is 1. The molecule has 1 saturated carbocycles. The van der Waals surface area contributed by atoms with Crippen LogP contribution in [-0.4, -0.2) is 84.1 Å². The molecule has 0 radical (unpaired) electrons. The number of ether oxygens (including phenoxy) is 2. The van der Waals surface area contributed by atoms with E-state index in [9.17, 15) is 13.2 Å². The Morgan fingerprint density at radius 3 is 2.28 bits per heavy atom. The van der Waals surface area contributed by atoms with Crippen molar-refractivity contribution in [3.05, 3.63) is 60.2 Å². The summed E-state index contributed by atoms with van der Waals surface area (Å²) in [4.78, 5) is 14.9. The van der Waals surface area contributed by atoms with E-state index in [0.717, 1.165) is 25.7 Å². The van der Waals surface area contributed by atoms with Crippen LogP contribution in [0.1, 0.15) is 37.7 Å². The second-order valence-electron chi connectivity index (χ2n) is 10.7. The third-order valence-electron chi connectivity index (χ3n) is 7.81. The molecular weight excluding hydrogens is 514 g/mol. The Kier molecular flexibility index (Phi) is 12.2. The molecule has 216 valence electrons. The molecule has 1 fully saturated rings. The average Bonchev–Trinajstić information content (AvgIpc) is 2.95. The van der Waals surface area contributed by atoms with Gasteiger partial charge in [0.15, 0.2) is 0 Å². The second-order valence-corrected chi connectivity index (χ2v) is 12.7. The molecule has 1 N–H and O–H groups in total. The Labute approximate surface area is 234 Å². The van der Waals surface area contributed by atoms with Gasteiger partial charge in [0, 0.05) is 26.2 Å². The highest BCUT2D eigenvalue weighted by Gasteiger charge is 2.29. The van der Waals surface area contributed by atoms with E-state index >= 15 is 0 Å². The first-order valence-electron chi connectivity index (χ1n) is 13.9. The van der Waals surface area contributed by atoms with Gasteiger partial charge in [0.25, 0.3) is 0 Å². The van der Waals surface area contributed by atoms with Gasteiger partial charge in [-0.15, -0.1) is 0 Å². The lowest BCUT2D eigenvalue weighted by Gasteiger charge is -2.37. The summed E-state index contributed by atoms with van der Waals surface area (Å²) >= 11 is 0. The third-order valence-corrected chi connectivity index (χ3v) is 9.68. The Morgan fingerprint density at radius 2 is 1.67 bits per heavy atom. The smallest absolute Gasteiger partial charge is 0.246 e. The Balaban J connectivity index is 1.31. The number of nitrogens with one attached hydrogen (secondary N) is 1. The molecule has 3 rings (SSSR count). The van der Waals surface area contributed by atoms with Crippen molar-refractivity contribution in [2.45, 2.75) is 49.5 Å². The zero-order valence-electron chi connectivity index (χ0n) is 23.8. The van der Waals surface area contributed by atoms with Gasteiger partial charge in [-0.2, -0.15) is 4.31 Å². The maximum atomic E-state index is 12.7. The number of carbonyl (C=O) groups excluding carboxylic acids is 1. The summed E-state index contributed by atoms with van der Waals surface area (Å²) in [7, 11) is 3.78. The predicted octanol–water partition coefficient (Wildman–Crippen LogP) is 3.82. The lowest BCUT2D eigenvalue weighted by Crippen LogP contribution is -2.39. The van der Waals surface area contributed by atoms with Gasteiger partial charge in [0.2, 0.25) is 15.9 Å². The quantitative estimate of drug-likeness (QED) is 0.334. The molecule has 0 aliphatic heterocycles. The number of aryl methyl sites for hydroxylation is 1. The summed E-state index contributed by atoms with van der Waals surface area (Å²) in [5, 5.41) is 3.00. The first-order valence-corrected chi connectivity index (χ1v) is 15.3. The fraction of sp³-hybridized carbons (Fsp3) is 0.567. The Morgan fingerprint density at radius 1 is 1.00 bits per heavy atom. The van der Waals surface area contributed by atoms with Gasteiger partial charge in [0.1, 0.15) is 12.4 Å². The van der Waals surface area contributed by atoms with Gasteiger partial charge >= 0.3 is 0 Å². The fourth-order valence-corrected chi connectivity index (χ4v) is 6.52. The Hall–Kier alpha value is -2.46. The number of rotatable bonds is 15. The maximum Gasteiger partial charge on any atom is 0.246 e. The minimum absolute atomic E-state index is 0.0754. The summed E-state index contributed by atoms with van der Waals surface area (Å²) in [6, 6.07) is 17.5. The highest BCUT2D eigenvalue weighted by Crippen LogP contribution is 2.33. The Bertz CT molecular complexity index is 1100. The van der Waals surface area contributed by atoms with E-state index in [1.165, 1.54) is 49.0 Å². The van der Waals surface area contributed by atoms with Crippen molar-refractivity contribution >= 4 is 15.9 Å². The van der Waals surface area contributed by atoms with E-state index in [1.54, 1.807) is 12.1 Å². The van der Waals surface area contributed by atoms with Gasteiger partial charge < -0.3 is 19.7 Å². The summed E-state index contributed by atoms with van der Waals surface area (Å²) in [6.45, 7) is 0.882. The molecule has 2 aromatic rings. The SMILES string of the molecule is COc1ccc(S(=O)(=O)N(C)CCOCC(=O)NCC2CCC(C(CCc3ccccc3)N(C)C)CC2)cc1. The molecule has 0 bridgehead atoms. The molecule has 0 aromatic heterocycles. The number of nitrogens with zero attached hydrogens (tertiary/aromatic N) is 2. The van der Waals surface area contributed by atoms with Crippen molar-refractivity contribution in [3.8, 4) is 5.75 Å². The molecular formula is C30H45N3O5S. The highest BCUT2D eigenvalue weighted by molar-refractivity contribution is 7.89. The van der Waals surface area contributed by atoms with Crippen LogP contribution in [0.15, 0.2) is 59.5 Å². The summed E-state index contributed by atoms with van der Waals surface area (Å²) < 4.78 is 37.2. The fourth-order valence-electron chi connectivity index (χ4n) is 5.37. The first kappa shape index (κ1) is 31.1. The molecule has 1 amide bonds. The molecule has 1 aliphatic carbocycles. The van der Waals surface area contributed by atoms with Crippen LogP contribution in [-0.2, 0) is 26.0 Å². The third kappa shape index (κ3) is 9.60. The van der Waals surface area contributed by atoms with E-state index in [2.05, 4.69) is 54.6 Å². The van der Waals surface area contributed by atoms with Gasteiger partial charge in [0.05, 0.1) is 18.6 Å². The zero-order valence-corrected chi connectivity index (χ0v) is 24.7. The van der Waals surface area contributed by atoms with Crippen LogP contribution in [0.25, 0.3) is 0 Å². The summed E-state index contributed by atoms with van der Waals surface area (Å²) in [5.74, 6) is 1.61. The van der Waals surface area contributed by atoms with Crippen molar-refractivity contribution in [1.82, 2.24) is 14.5 Å². The van der Waals surface area contributed by atoms with Crippen LogP contribution in [0.3, 0.4) is 0 Å². The number of amides is 1. The van der Waals surface area contributed by atoms with Crippen molar-refractivity contribution in [2.24, 2.45) is 11.8 Å². The van der Waals surface area contributed by atoms with Crippen LogP contribution in [0.5, 0.6) is 5.75 Å². The van der Waals surface area contributed by atoms with Gasteiger partial charge in [-0.3, -0.25) is 4.79 Å². The van der Waals surface area contributed by atoms with Crippen LogP contribution in [0.2, 0.25) is 0 Å². The normalized spacial score (nSPS) is 18.7. The minimum atomic E-state index is -3.63. The molecule has 1 unspecified atom stereocenters. The molecule has 1 aliphatic rings. The van der Waals surface area contributed by atoms with Crippen LogP contribution < -0.4 is 10.1 Å². The lowest BCUT2D eigenvalue weighted by atomic mass is 9.76. The van der Waals surface area contributed by atoms with Crippen LogP contribution in [0, 0.1) is 11.8 Å². The topological polar surface area (TPSA) is 88.2 Å². The van der Waals surface area contributed by atoms with Crippen molar-refractivity contribution in [3.63, 3.8) is 0 Å². The monoisotopic (exact) mass is 559 g/mol. The van der Waals surface area contributed by atoms with E-state index < -0.39 is 10.0 Å². The van der Waals surface area contributed by atoms with Crippen molar-refractivity contribution in [1.29, 1.82) is 0 Å². The zero-order chi connectivity index (χ0) is 28.3. The molecule has 0 saturated heterocycles. The van der Waals surface area contributed by atoms with Crippen molar-refractivity contribution in [2.75, 3.05) is 54.6 Å². The average molecular weight is 560 g/mol. The van der Waals surface area contributed by atoms with Gasteiger partial charge in [-0.1, -0.05) is 30.3 Å².